The second-order valence-corrected chi connectivity index (χ2v) is 9.92. The van der Waals surface area contributed by atoms with Crippen molar-refractivity contribution in [3.63, 3.8) is 0 Å². The first kappa shape index (κ1) is 22.7. The Labute approximate surface area is 162 Å². The molecule has 0 fully saturated rings. The highest BCUT2D eigenvalue weighted by molar-refractivity contribution is 7.12. The van der Waals surface area contributed by atoms with Gasteiger partial charge in [0.15, 0.2) is 0 Å². The van der Waals surface area contributed by atoms with E-state index in [1.807, 2.05) is 11.3 Å². The number of thiophene rings is 1. The van der Waals surface area contributed by atoms with E-state index < -0.39 is 0 Å². The molecule has 0 unspecified atom stereocenters. The van der Waals surface area contributed by atoms with Gasteiger partial charge in [-0.2, -0.15) is 0 Å². The van der Waals surface area contributed by atoms with Crippen molar-refractivity contribution in [3.8, 4) is 0 Å². The summed E-state index contributed by atoms with van der Waals surface area (Å²) < 4.78 is 0. The first-order valence-corrected chi connectivity index (χ1v) is 11.9. The van der Waals surface area contributed by atoms with Gasteiger partial charge in [-0.1, -0.05) is 91.9 Å². The van der Waals surface area contributed by atoms with Gasteiger partial charge in [0, 0.05) is 9.75 Å². The average molecular weight is 365 g/mol. The summed E-state index contributed by atoms with van der Waals surface area (Å²) in [6.07, 6.45) is 16.6. The molecule has 0 amide bonds. The van der Waals surface area contributed by atoms with Crippen LogP contribution in [-0.2, 0) is 12.8 Å². The number of hydrogen-bond donors (Lipinski definition) is 0. The van der Waals surface area contributed by atoms with Gasteiger partial charge in [0.25, 0.3) is 0 Å². The summed E-state index contributed by atoms with van der Waals surface area (Å²) in [5, 5.41) is 0. The molecule has 0 bridgehead atoms. The molecular formula is C24H44S. The van der Waals surface area contributed by atoms with Crippen molar-refractivity contribution >= 4 is 11.3 Å². The van der Waals surface area contributed by atoms with Crippen molar-refractivity contribution < 1.29 is 0 Å². The Kier molecular flexibility index (Phi) is 11.8. The van der Waals surface area contributed by atoms with E-state index in [1.165, 1.54) is 77.0 Å². The van der Waals surface area contributed by atoms with E-state index in [-0.39, 0.29) is 0 Å². The van der Waals surface area contributed by atoms with Gasteiger partial charge in [-0.25, -0.2) is 0 Å². The quantitative estimate of drug-likeness (QED) is 0.290. The first-order valence-electron chi connectivity index (χ1n) is 11.1. The van der Waals surface area contributed by atoms with E-state index in [9.17, 15) is 0 Å². The zero-order valence-electron chi connectivity index (χ0n) is 18.0. The van der Waals surface area contributed by atoms with E-state index in [1.54, 1.807) is 20.9 Å². The molecule has 0 aliphatic heterocycles. The third-order valence-corrected chi connectivity index (χ3v) is 6.83. The van der Waals surface area contributed by atoms with Gasteiger partial charge in [-0.3, -0.25) is 0 Å². The van der Waals surface area contributed by atoms with E-state index >= 15 is 0 Å². The van der Waals surface area contributed by atoms with Crippen molar-refractivity contribution in [1.82, 2.24) is 0 Å². The second-order valence-electron chi connectivity index (χ2n) is 8.49. The molecule has 146 valence electrons. The maximum absolute atomic E-state index is 2.47. The highest BCUT2D eigenvalue weighted by atomic mass is 32.1. The fraction of sp³-hybridized carbons (Fsp3) is 0.833. The molecule has 0 saturated heterocycles. The standard InChI is InChI=1S/C24H44S/c1-7-9-11-13-15-19(3)17-23-21(5)25-22(6)24(23)18-20(4)16-14-12-10-8-2/h19-20H,7-18H2,1-6H3/t19-,20-/m0/s1. The molecule has 1 heteroatoms. The molecule has 0 radical (unpaired) electrons. The third kappa shape index (κ3) is 8.76. The molecule has 1 rings (SSSR count). The van der Waals surface area contributed by atoms with Crippen molar-refractivity contribution in [1.29, 1.82) is 0 Å². The SMILES string of the molecule is CCCCCC[C@H](C)Cc1c(C)sc(C)c1C[C@@H](C)CCCCCC. The minimum absolute atomic E-state index is 0.836. The second kappa shape index (κ2) is 13.0. The molecule has 0 aromatic carbocycles. The lowest BCUT2D eigenvalue weighted by molar-refractivity contribution is 0.473. The molecule has 1 aromatic rings. The van der Waals surface area contributed by atoms with E-state index in [0.29, 0.717) is 0 Å². The largest absolute Gasteiger partial charge is 0.145 e. The van der Waals surface area contributed by atoms with Gasteiger partial charge >= 0.3 is 0 Å². The van der Waals surface area contributed by atoms with Gasteiger partial charge < -0.3 is 0 Å². The number of rotatable bonds is 14. The van der Waals surface area contributed by atoms with Crippen LogP contribution in [0.4, 0.5) is 0 Å². The van der Waals surface area contributed by atoms with E-state index in [4.69, 9.17) is 0 Å². The van der Waals surface area contributed by atoms with Crippen LogP contribution in [0.25, 0.3) is 0 Å². The van der Waals surface area contributed by atoms with Crippen molar-refractivity contribution in [2.24, 2.45) is 11.8 Å². The lowest BCUT2D eigenvalue weighted by Crippen LogP contribution is -2.07. The van der Waals surface area contributed by atoms with Gasteiger partial charge in [-0.15, -0.1) is 11.3 Å². The van der Waals surface area contributed by atoms with Crippen LogP contribution in [0.5, 0.6) is 0 Å². The Morgan fingerprint density at radius 1 is 0.640 bits per heavy atom. The fourth-order valence-corrected chi connectivity index (χ4v) is 5.17. The Hall–Kier alpha value is -0.300. The van der Waals surface area contributed by atoms with Crippen LogP contribution in [-0.4, -0.2) is 0 Å². The summed E-state index contributed by atoms with van der Waals surface area (Å²) in [5.74, 6) is 1.67. The molecule has 0 aliphatic rings. The zero-order chi connectivity index (χ0) is 18.7. The predicted molar refractivity (Wildman–Crippen MR) is 117 cm³/mol. The summed E-state index contributed by atoms with van der Waals surface area (Å²) >= 11 is 2.04. The molecule has 0 saturated carbocycles. The maximum atomic E-state index is 2.47. The third-order valence-electron chi connectivity index (χ3n) is 5.73. The van der Waals surface area contributed by atoms with Gasteiger partial charge in [-0.05, 0) is 49.7 Å². The summed E-state index contributed by atoms with van der Waals surface area (Å²) in [5.41, 5.74) is 3.43. The van der Waals surface area contributed by atoms with E-state index in [2.05, 4.69) is 41.5 Å². The molecule has 0 aliphatic carbocycles. The summed E-state index contributed by atoms with van der Waals surface area (Å²) in [6.45, 7) is 14.2. The molecule has 1 heterocycles. The van der Waals surface area contributed by atoms with Crippen LogP contribution >= 0.6 is 11.3 Å². The molecular weight excluding hydrogens is 320 g/mol. The molecule has 2 atom stereocenters. The topological polar surface area (TPSA) is 0 Å². The molecule has 1 aromatic heterocycles. The molecule has 25 heavy (non-hydrogen) atoms. The summed E-state index contributed by atoms with van der Waals surface area (Å²) in [6, 6.07) is 0. The Morgan fingerprint density at radius 3 is 1.40 bits per heavy atom. The zero-order valence-corrected chi connectivity index (χ0v) is 18.9. The van der Waals surface area contributed by atoms with Crippen LogP contribution in [0.15, 0.2) is 0 Å². The lowest BCUT2D eigenvalue weighted by atomic mass is 9.88. The fourth-order valence-electron chi connectivity index (χ4n) is 4.05. The molecule has 0 spiro atoms. The monoisotopic (exact) mass is 364 g/mol. The number of unbranched alkanes of at least 4 members (excludes halogenated alkanes) is 6. The van der Waals surface area contributed by atoms with Gasteiger partial charge in [0.2, 0.25) is 0 Å². The highest BCUT2D eigenvalue weighted by Gasteiger charge is 2.17. The maximum Gasteiger partial charge on any atom is 0.00519 e. The van der Waals surface area contributed by atoms with Crippen LogP contribution in [0.1, 0.15) is 113 Å². The Balaban J connectivity index is 2.56. The summed E-state index contributed by atoms with van der Waals surface area (Å²) in [4.78, 5) is 3.18. The number of hydrogen-bond acceptors (Lipinski definition) is 1. The van der Waals surface area contributed by atoms with Gasteiger partial charge in [0.1, 0.15) is 0 Å². The Morgan fingerprint density at radius 2 is 1.04 bits per heavy atom. The smallest absolute Gasteiger partial charge is 0.00519 e. The van der Waals surface area contributed by atoms with Crippen LogP contribution in [0.3, 0.4) is 0 Å². The Bertz CT molecular complexity index is 416. The normalized spacial score (nSPS) is 14.0. The first-order chi connectivity index (χ1) is 12.0. The lowest BCUT2D eigenvalue weighted by Gasteiger charge is -2.16. The molecule has 0 N–H and O–H groups in total. The van der Waals surface area contributed by atoms with Crippen molar-refractivity contribution in [2.75, 3.05) is 0 Å². The van der Waals surface area contributed by atoms with Crippen LogP contribution in [0.2, 0.25) is 0 Å². The minimum Gasteiger partial charge on any atom is -0.145 e. The van der Waals surface area contributed by atoms with Crippen molar-refractivity contribution in [2.45, 2.75) is 119 Å². The average Bonchev–Trinajstić information content (AvgIpc) is 2.82. The van der Waals surface area contributed by atoms with E-state index in [0.717, 1.165) is 11.8 Å². The number of aryl methyl sites for hydroxylation is 2. The van der Waals surface area contributed by atoms with Crippen LogP contribution in [0, 0.1) is 25.7 Å². The van der Waals surface area contributed by atoms with Crippen molar-refractivity contribution in [3.05, 3.63) is 20.9 Å². The predicted octanol–water partition coefficient (Wildman–Crippen LogP) is 8.66. The highest BCUT2D eigenvalue weighted by Crippen LogP contribution is 2.33. The molecule has 0 nitrogen and oxygen atoms in total. The van der Waals surface area contributed by atoms with Gasteiger partial charge in [0.05, 0.1) is 0 Å². The minimum atomic E-state index is 0.836. The summed E-state index contributed by atoms with van der Waals surface area (Å²) in [7, 11) is 0. The van der Waals surface area contributed by atoms with Crippen LogP contribution < -0.4 is 0 Å².